The van der Waals surface area contributed by atoms with Gasteiger partial charge in [-0.2, -0.15) is 13.2 Å². The van der Waals surface area contributed by atoms with Gasteiger partial charge in [-0.1, -0.05) is 6.07 Å². The van der Waals surface area contributed by atoms with Crippen LogP contribution in [-0.4, -0.2) is 17.0 Å². The number of carboxylic acids is 1. The normalized spacial score (nSPS) is 12.9. The highest BCUT2D eigenvalue weighted by Crippen LogP contribution is 2.30. The van der Waals surface area contributed by atoms with Crippen LogP contribution in [0.2, 0.25) is 0 Å². The van der Waals surface area contributed by atoms with Crippen molar-refractivity contribution in [2.75, 3.05) is 5.32 Å². The van der Waals surface area contributed by atoms with Gasteiger partial charge in [0.25, 0.3) is 0 Å². The summed E-state index contributed by atoms with van der Waals surface area (Å²) in [5.74, 6) is -3.55. The molecule has 98 valence electrons. The van der Waals surface area contributed by atoms with E-state index in [0.29, 0.717) is 0 Å². The van der Waals surface area contributed by atoms with E-state index in [9.17, 15) is 22.8 Å². The minimum Gasteiger partial charge on any atom is -0.481 e. The van der Waals surface area contributed by atoms with Gasteiger partial charge in [0.1, 0.15) is 5.92 Å². The number of rotatable bonds is 3. The molecule has 0 aliphatic rings. The van der Waals surface area contributed by atoms with Crippen molar-refractivity contribution in [3.05, 3.63) is 29.8 Å². The van der Waals surface area contributed by atoms with Crippen molar-refractivity contribution in [3.63, 3.8) is 0 Å². The van der Waals surface area contributed by atoms with Crippen molar-refractivity contribution in [2.24, 2.45) is 5.92 Å². The lowest BCUT2D eigenvalue weighted by molar-refractivity contribution is -0.144. The predicted molar refractivity (Wildman–Crippen MR) is 56.9 cm³/mol. The maximum atomic E-state index is 12.4. The summed E-state index contributed by atoms with van der Waals surface area (Å²) in [6, 6.07) is 3.98. The zero-order valence-electron chi connectivity index (χ0n) is 9.28. The average Bonchev–Trinajstić information content (AvgIpc) is 2.27. The summed E-state index contributed by atoms with van der Waals surface area (Å²) in [6.45, 7) is 1.14. The lowest BCUT2D eigenvalue weighted by Gasteiger charge is -2.11. The first kappa shape index (κ1) is 14.0. The molecule has 0 saturated heterocycles. The summed E-state index contributed by atoms with van der Waals surface area (Å²) in [5.41, 5.74) is -1.01. The number of nitrogens with one attached hydrogen (secondary N) is 1. The molecule has 1 unspecified atom stereocenters. The molecule has 7 heteroatoms. The van der Waals surface area contributed by atoms with Gasteiger partial charge >= 0.3 is 12.1 Å². The van der Waals surface area contributed by atoms with E-state index in [2.05, 4.69) is 5.32 Å². The topological polar surface area (TPSA) is 66.4 Å². The Morgan fingerprint density at radius 2 is 1.94 bits per heavy atom. The van der Waals surface area contributed by atoms with Crippen LogP contribution in [0.4, 0.5) is 18.9 Å². The molecule has 0 fully saturated rings. The van der Waals surface area contributed by atoms with E-state index in [4.69, 9.17) is 5.11 Å². The number of hydrogen-bond acceptors (Lipinski definition) is 2. The molecule has 1 amide bonds. The molecule has 0 spiro atoms. The van der Waals surface area contributed by atoms with Gasteiger partial charge < -0.3 is 10.4 Å². The van der Waals surface area contributed by atoms with E-state index in [1.807, 2.05) is 0 Å². The Hall–Kier alpha value is -2.05. The van der Waals surface area contributed by atoms with Crippen LogP contribution in [0.5, 0.6) is 0 Å². The number of halogens is 3. The number of hydrogen-bond donors (Lipinski definition) is 2. The molecule has 1 aromatic rings. The van der Waals surface area contributed by atoms with Crippen molar-refractivity contribution in [1.29, 1.82) is 0 Å². The highest BCUT2D eigenvalue weighted by molar-refractivity contribution is 6.03. The third-order valence-electron chi connectivity index (χ3n) is 2.22. The van der Waals surface area contributed by atoms with Crippen LogP contribution in [0.25, 0.3) is 0 Å². The summed E-state index contributed by atoms with van der Waals surface area (Å²) < 4.78 is 37.2. The van der Waals surface area contributed by atoms with Crippen molar-refractivity contribution in [2.45, 2.75) is 13.1 Å². The Morgan fingerprint density at radius 1 is 1.33 bits per heavy atom. The molecule has 1 atom stereocenters. The second-order valence-electron chi connectivity index (χ2n) is 3.63. The minimum absolute atomic E-state index is 0.0945. The summed E-state index contributed by atoms with van der Waals surface area (Å²) in [6.07, 6.45) is -4.51. The van der Waals surface area contributed by atoms with E-state index in [1.165, 1.54) is 6.07 Å². The molecular weight excluding hydrogens is 251 g/mol. The fraction of sp³-hybridized carbons (Fsp3) is 0.273. The number of alkyl halides is 3. The van der Waals surface area contributed by atoms with Gasteiger partial charge in [0.15, 0.2) is 0 Å². The summed E-state index contributed by atoms with van der Waals surface area (Å²) in [5, 5.41) is 10.7. The average molecular weight is 261 g/mol. The van der Waals surface area contributed by atoms with E-state index >= 15 is 0 Å². The Kier molecular flexibility index (Phi) is 3.95. The van der Waals surface area contributed by atoms with Gasteiger partial charge in [0.2, 0.25) is 5.91 Å². The van der Waals surface area contributed by atoms with Gasteiger partial charge in [0.05, 0.1) is 5.56 Å². The number of aliphatic carboxylic acids is 1. The largest absolute Gasteiger partial charge is 0.481 e. The van der Waals surface area contributed by atoms with Crippen molar-refractivity contribution >= 4 is 17.6 Å². The SMILES string of the molecule is CC(C(=O)O)C(=O)Nc1cccc(C(F)(F)F)c1. The smallest absolute Gasteiger partial charge is 0.416 e. The number of amides is 1. The third-order valence-corrected chi connectivity index (χ3v) is 2.22. The Labute approximate surface area is 100 Å². The lowest BCUT2D eigenvalue weighted by atomic mass is 10.1. The van der Waals surface area contributed by atoms with Crippen LogP contribution in [0.1, 0.15) is 12.5 Å². The van der Waals surface area contributed by atoms with E-state index < -0.39 is 29.5 Å². The summed E-state index contributed by atoms with van der Waals surface area (Å²) >= 11 is 0. The fourth-order valence-electron chi connectivity index (χ4n) is 1.14. The maximum absolute atomic E-state index is 12.4. The van der Waals surface area contributed by atoms with Crippen molar-refractivity contribution < 1.29 is 27.9 Å². The summed E-state index contributed by atoms with van der Waals surface area (Å²) in [4.78, 5) is 21.9. The van der Waals surface area contributed by atoms with E-state index in [-0.39, 0.29) is 5.69 Å². The number of carboxylic acid groups (broad SMARTS) is 1. The van der Waals surface area contributed by atoms with E-state index in [0.717, 1.165) is 25.1 Å². The number of carbonyl (C=O) groups is 2. The Morgan fingerprint density at radius 3 is 2.44 bits per heavy atom. The first-order valence-corrected chi connectivity index (χ1v) is 4.92. The zero-order valence-corrected chi connectivity index (χ0v) is 9.28. The van der Waals surface area contributed by atoms with Crippen molar-refractivity contribution in [3.8, 4) is 0 Å². The maximum Gasteiger partial charge on any atom is 0.416 e. The lowest BCUT2D eigenvalue weighted by Crippen LogP contribution is -2.27. The Bertz CT molecular complexity index is 471. The highest BCUT2D eigenvalue weighted by Gasteiger charge is 2.30. The monoisotopic (exact) mass is 261 g/mol. The zero-order chi connectivity index (χ0) is 13.9. The van der Waals surface area contributed by atoms with Crippen molar-refractivity contribution in [1.82, 2.24) is 0 Å². The molecule has 0 heterocycles. The van der Waals surface area contributed by atoms with Crippen LogP contribution in [0, 0.1) is 5.92 Å². The Balaban J connectivity index is 2.86. The molecule has 0 bridgehead atoms. The third kappa shape index (κ3) is 3.47. The first-order chi connectivity index (χ1) is 8.21. The van der Waals surface area contributed by atoms with Gasteiger partial charge in [-0.3, -0.25) is 9.59 Å². The van der Waals surface area contributed by atoms with Crippen LogP contribution >= 0.6 is 0 Å². The number of anilines is 1. The molecule has 18 heavy (non-hydrogen) atoms. The predicted octanol–water partition coefficient (Wildman–Crippen LogP) is 2.36. The molecule has 4 nitrogen and oxygen atoms in total. The molecule has 0 saturated carbocycles. The number of benzene rings is 1. The second kappa shape index (κ2) is 5.07. The summed E-state index contributed by atoms with van der Waals surface area (Å²) in [7, 11) is 0. The quantitative estimate of drug-likeness (QED) is 0.821. The molecule has 0 aliphatic heterocycles. The molecular formula is C11H10F3NO3. The number of carbonyl (C=O) groups excluding carboxylic acids is 1. The minimum atomic E-state index is -4.51. The highest BCUT2D eigenvalue weighted by atomic mass is 19.4. The first-order valence-electron chi connectivity index (χ1n) is 4.92. The van der Waals surface area contributed by atoms with Crippen LogP contribution in [-0.2, 0) is 15.8 Å². The van der Waals surface area contributed by atoms with Gasteiger partial charge in [-0.15, -0.1) is 0 Å². The van der Waals surface area contributed by atoms with Gasteiger partial charge in [0, 0.05) is 5.69 Å². The molecule has 1 rings (SSSR count). The van der Waals surface area contributed by atoms with Crippen LogP contribution < -0.4 is 5.32 Å². The van der Waals surface area contributed by atoms with Gasteiger partial charge in [-0.25, -0.2) is 0 Å². The van der Waals surface area contributed by atoms with Gasteiger partial charge in [-0.05, 0) is 25.1 Å². The molecule has 0 radical (unpaired) electrons. The van der Waals surface area contributed by atoms with E-state index in [1.54, 1.807) is 0 Å². The second-order valence-corrected chi connectivity index (χ2v) is 3.63. The standard InChI is InChI=1S/C11H10F3NO3/c1-6(10(17)18)9(16)15-8-4-2-3-7(5-8)11(12,13)14/h2-6H,1H3,(H,15,16)(H,17,18). The van der Waals surface area contributed by atoms with Crippen LogP contribution in [0.3, 0.4) is 0 Å². The molecule has 0 aliphatic carbocycles. The molecule has 0 aromatic heterocycles. The molecule has 2 N–H and O–H groups in total. The molecule has 1 aromatic carbocycles. The van der Waals surface area contributed by atoms with Crippen LogP contribution in [0.15, 0.2) is 24.3 Å². The fourth-order valence-corrected chi connectivity index (χ4v) is 1.14.